The summed E-state index contributed by atoms with van der Waals surface area (Å²) < 4.78 is 104. The van der Waals surface area contributed by atoms with Crippen LogP contribution in [0.1, 0.15) is 139 Å². The molecule has 117 heavy (non-hydrogen) atoms. The van der Waals surface area contributed by atoms with E-state index in [-0.39, 0.29) is 0 Å². The van der Waals surface area contributed by atoms with Gasteiger partial charge in [-0.3, -0.25) is 0 Å². The molecule has 0 amide bonds. The van der Waals surface area contributed by atoms with Crippen LogP contribution in [0.25, 0.3) is 0 Å². The molecule has 0 N–H and O–H groups in total. The van der Waals surface area contributed by atoms with Gasteiger partial charge in [0.25, 0.3) is 0 Å². The summed E-state index contributed by atoms with van der Waals surface area (Å²) in [6.45, 7) is 17.6. The summed E-state index contributed by atoms with van der Waals surface area (Å²) in [6, 6.07) is 86.4. The minimum absolute atomic E-state index is 0.380. The highest BCUT2D eigenvalue weighted by molar-refractivity contribution is 7.81. The van der Waals surface area contributed by atoms with Gasteiger partial charge in [0.15, 0.2) is 0 Å². The van der Waals surface area contributed by atoms with Crippen molar-refractivity contribution in [1.82, 2.24) is 0 Å². The summed E-state index contributed by atoms with van der Waals surface area (Å²) in [7, 11) is 1.43. The van der Waals surface area contributed by atoms with Gasteiger partial charge in [0.1, 0.15) is 35.9 Å². The van der Waals surface area contributed by atoms with Gasteiger partial charge >= 0.3 is 12.4 Å². The molecule has 0 saturated heterocycles. The van der Waals surface area contributed by atoms with E-state index < -0.39 is 55.2 Å². The van der Waals surface area contributed by atoms with Gasteiger partial charge in [0.2, 0.25) is 0 Å². The van der Waals surface area contributed by atoms with Crippen LogP contribution in [0.2, 0.25) is 0 Å². The Morgan fingerprint density at radius 2 is 0.530 bits per heavy atom. The van der Waals surface area contributed by atoms with E-state index in [4.69, 9.17) is 22.7 Å². The second kappa shape index (κ2) is 49.7. The summed E-state index contributed by atoms with van der Waals surface area (Å²) in [6.07, 6.45) is 24.0. The highest BCUT2D eigenvalue weighted by Gasteiger charge is 2.37. The molecule has 15 rings (SSSR count). The zero-order valence-corrected chi connectivity index (χ0v) is 75.9. The number of furan rings is 3. The number of hydrogen-bond acceptors (Lipinski definition) is 5. The summed E-state index contributed by atoms with van der Waals surface area (Å²) in [5, 5.41) is 10.3. The van der Waals surface area contributed by atoms with Gasteiger partial charge in [0.05, 0.1) is 44.1 Å². The Morgan fingerprint density at radius 3 is 0.735 bits per heavy atom. The fourth-order valence-electron chi connectivity index (χ4n) is 14.7. The highest BCUT2D eigenvalue weighted by atomic mass is 31.1. The van der Waals surface area contributed by atoms with Crippen LogP contribution < -0.4 is 73.7 Å². The molecule has 3 saturated carbocycles. The fourth-order valence-corrected chi connectivity index (χ4v) is 29.4. The van der Waals surface area contributed by atoms with Crippen molar-refractivity contribution in [3.63, 3.8) is 0 Å². The number of hydrogen-bond donors (Lipinski definition) is 0. The van der Waals surface area contributed by atoms with Crippen LogP contribution in [0, 0.1) is 13.8 Å². The summed E-state index contributed by atoms with van der Waals surface area (Å²) >= 11 is 0. The molecule has 0 spiro atoms. The topological polar surface area (TPSA) is 57.9 Å². The van der Waals surface area contributed by atoms with Gasteiger partial charge in [0, 0.05) is 0 Å². The van der Waals surface area contributed by atoms with Gasteiger partial charge < -0.3 is 22.7 Å². The second-order valence-corrected chi connectivity index (χ2v) is 47.3. The Balaban J connectivity index is 0.000000163. The van der Waals surface area contributed by atoms with Gasteiger partial charge in [-0.05, 0) is 264 Å². The molecule has 3 aliphatic rings. The molecule has 620 valence electrons. The molecule has 0 unspecified atom stereocenters. The number of ether oxygens (including phenoxy) is 2. The van der Waals surface area contributed by atoms with E-state index in [2.05, 4.69) is 187 Å². The molecule has 3 aliphatic carbocycles. The summed E-state index contributed by atoms with van der Waals surface area (Å²) in [4.78, 5) is 0. The summed E-state index contributed by atoms with van der Waals surface area (Å²) in [5.74, 6) is 1.76. The molecule has 3 fully saturated rings. The number of methoxy groups -OCH3 is 2. The quantitative estimate of drug-likeness (QED) is 0.0562. The molecular formula is C99H117F6O5P7. The number of rotatable bonds is 20. The largest absolute Gasteiger partial charge is 0.497 e. The first-order valence-corrected chi connectivity index (χ1v) is 52.5. The molecule has 0 bridgehead atoms. The van der Waals surface area contributed by atoms with E-state index in [1.807, 2.05) is 91.9 Å². The Bertz CT molecular complexity index is 4240. The number of alkyl halides is 6. The molecule has 9 aromatic carbocycles. The zero-order valence-electron chi connectivity index (χ0n) is 69.6. The Hall–Kier alpha value is -6.99. The molecule has 0 aliphatic heterocycles. The molecular weight excluding hydrogens is 1600 g/mol. The third-order valence-electron chi connectivity index (χ3n) is 20.7. The average molecular weight is 1720 g/mol. The van der Waals surface area contributed by atoms with E-state index in [1.165, 1.54) is 116 Å². The normalized spacial score (nSPS) is 14.0. The minimum atomic E-state index is -4.44. The monoisotopic (exact) mass is 1720 g/mol. The molecule has 5 nitrogen and oxygen atoms in total. The van der Waals surface area contributed by atoms with Crippen molar-refractivity contribution in [3.05, 3.63) is 314 Å². The SMILES string of the molecule is C1CCC(P(C2CCCCC2)C2CCCCC2)CC1.CCP(CC)CC.COc1ccc(P(c2ccc(C)cc2)c2ccc(OC)cc2)cc1.CP(C)C.Cc1ccc(P(c2ccc(C(F)(F)F)cc2)c2ccc(C(F)(F)F)cc2)cc1.c1ccc(P(c2ccccc2)c2ccccc2)cc1.c1coc(P(c2ccco2)c2ccco2)c1. The lowest BCUT2D eigenvalue weighted by atomic mass is 9.99. The minimum Gasteiger partial charge on any atom is -0.497 e. The maximum atomic E-state index is 12.9. The van der Waals surface area contributed by atoms with Crippen molar-refractivity contribution in [2.75, 3.05) is 52.7 Å². The van der Waals surface area contributed by atoms with E-state index in [0.29, 0.717) is 34.4 Å². The predicted octanol–water partition coefficient (Wildman–Crippen LogP) is 25.6. The number of benzene rings is 9. The van der Waals surface area contributed by atoms with E-state index >= 15 is 0 Å². The molecule has 0 atom stereocenters. The van der Waals surface area contributed by atoms with Crippen molar-refractivity contribution in [1.29, 1.82) is 0 Å². The lowest BCUT2D eigenvalue weighted by Gasteiger charge is -2.44. The maximum absolute atomic E-state index is 12.9. The standard InChI is InChI=1S/C21H15F6P.C21H21O2P.C18H33P.C18H15P.C12H9O3P.C6H15P.C3H9P/c1-14-2-8-17(9-3-14)28(18-10-4-15(5-11-18)20(22,23)24)19-12-6-16(7-13-19)21(25,26)27;1-16-4-10-19(11-5-16)24(20-12-6-17(22-2)7-13-20)21-14-8-18(23-3)9-15-21;2*1-4-10-16(11-5-1)19(17-12-6-2-7-13-17)18-14-8-3-9-15-18;1-4-10(13-7-1)16(11-5-2-8-14-11)12-6-3-9-15-12;1-4-7(5-2)6-3;1-4(2)3/h2-13H,1H3;4-15H,1-3H3;16-18H,1-15H2;1-15H;1-9H;4-6H2,1-3H3;1-3H3. The van der Waals surface area contributed by atoms with E-state index in [1.54, 1.807) is 110 Å². The van der Waals surface area contributed by atoms with Crippen molar-refractivity contribution in [3.8, 4) is 11.5 Å². The molecule has 3 heterocycles. The van der Waals surface area contributed by atoms with Crippen LogP contribution in [0.4, 0.5) is 26.3 Å². The van der Waals surface area contributed by atoms with Crippen LogP contribution in [0.3, 0.4) is 0 Å². The molecule has 12 aromatic rings. The fraction of sp³-hybridized carbons (Fsp3) is 0.333. The Labute approximate surface area is 702 Å². The highest BCUT2D eigenvalue weighted by Crippen LogP contribution is 2.62. The van der Waals surface area contributed by atoms with Crippen molar-refractivity contribution in [2.24, 2.45) is 0 Å². The van der Waals surface area contributed by atoms with Crippen molar-refractivity contribution in [2.45, 2.75) is 160 Å². The van der Waals surface area contributed by atoms with Gasteiger partial charge in [-0.2, -0.15) is 26.3 Å². The second-order valence-electron chi connectivity index (χ2n) is 29.6. The van der Waals surface area contributed by atoms with Gasteiger partial charge in [-0.15, -0.1) is 15.8 Å². The van der Waals surface area contributed by atoms with Gasteiger partial charge in [-0.1, -0.05) is 286 Å². The molecule has 18 heteroatoms. The number of halogens is 6. The van der Waals surface area contributed by atoms with Crippen molar-refractivity contribution >= 4 is 120 Å². The summed E-state index contributed by atoms with van der Waals surface area (Å²) in [5.41, 5.74) is 6.96. The van der Waals surface area contributed by atoms with E-state index in [9.17, 15) is 26.3 Å². The third-order valence-corrected chi connectivity index (χ3v) is 36.9. The van der Waals surface area contributed by atoms with Crippen LogP contribution in [-0.4, -0.2) is 69.7 Å². The Morgan fingerprint density at radius 1 is 0.299 bits per heavy atom. The first-order chi connectivity index (χ1) is 56.7. The average Bonchev–Trinajstić information content (AvgIpc) is 1.65. The zero-order chi connectivity index (χ0) is 83.4. The lowest BCUT2D eigenvalue weighted by molar-refractivity contribution is -0.138. The molecule has 0 radical (unpaired) electrons. The van der Waals surface area contributed by atoms with Crippen LogP contribution in [-0.2, 0) is 12.4 Å². The third kappa shape index (κ3) is 30.0. The van der Waals surface area contributed by atoms with E-state index in [0.717, 1.165) is 63.1 Å². The van der Waals surface area contributed by atoms with Crippen LogP contribution in [0.15, 0.2) is 305 Å². The predicted molar refractivity (Wildman–Crippen MR) is 501 cm³/mol. The maximum Gasteiger partial charge on any atom is 0.416 e. The van der Waals surface area contributed by atoms with Gasteiger partial charge in [-0.25, -0.2) is 0 Å². The first kappa shape index (κ1) is 93.9. The first-order valence-electron chi connectivity index (χ1n) is 41.0. The Kier molecular flexibility index (Phi) is 39.9. The van der Waals surface area contributed by atoms with Crippen LogP contribution >= 0.6 is 55.5 Å². The van der Waals surface area contributed by atoms with Crippen molar-refractivity contribution < 1.29 is 49.1 Å². The smallest absolute Gasteiger partial charge is 0.416 e. The molecule has 3 aromatic heterocycles. The lowest BCUT2D eigenvalue weighted by Crippen LogP contribution is -2.28. The number of aryl methyl sites for hydroxylation is 2. The van der Waals surface area contributed by atoms with Crippen LogP contribution in [0.5, 0.6) is 11.5 Å².